The van der Waals surface area contributed by atoms with Crippen LogP contribution in [0, 0.1) is 5.92 Å². The molecule has 1 amide bonds. The van der Waals surface area contributed by atoms with Crippen LogP contribution in [0.1, 0.15) is 26.2 Å². The van der Waals surface area contributed by atoms with Crippen molar-refractivity contribution in [1.82, 2.24) is 10.2 Å². The second kappa shape index (κ2) is 10.2. The van der Waals surface area contributed by atoms with Gasteiger partial charge < -0.3 is 15.0 Å². The van der Waals surface area contributed by atoms with Crippen LogP contribution in [0.2, 0.25) is 0 Å². The maximum atomic E-state index is 12.1. The summed E-state index contributed by atoms with van der Waals surface area (Å²) in [5.74, 6) is 0.831. The summed E-state index contributed by atoms with van der Waals surface area (Å²) in [5, 5.41) is 3.20. The van der Waals surface area contributed by atoms with Gasteiger partial charge in [-0.2, -0.15) is 0 Å². The first-order valence-corrected chi connectivity index (χ1v) is 6.85. The summed E-state index contributed by atoms with van der Waals surface area (Å²) in [6, 6.07) is 0. The van der Waals surface area contributed by atoms with Crippen molar-refractivity contribution in [3.8, 4) is 0 Å². The van der Waals surface area contributed by atoms with Crippen molar-refractivity contribution in [2.45, 2.75) is 32.3 Å². The molecule has 0 aromatic rings. The van der Waals surface area contributed by atoms with Gasteiger partial charge in [0.1, 0.15) is 6.10 Å². The smallest absolute Gasteiger partial charge is 0.251 e. The fraction of sp³-hybridized carbons (Fsp3) is 0.786. The van der Waals surface area contributed by atoms with Crippen LogP contribution in [0.5, 0.6) is 0 Å². The topological polar surface area (TPSA) is 41.6 Å². The van der Waals surface area contributed by atoms with Crippen molar-refractivity contribution < 1.29 is 9.53 Å². The molecule has 0 radical (unpaired) electrons. The Morgan fingerprint density at radius 2 is 2.16 bits per heavy atom. The predicted molar refractivity (Wildman–Crippen MR) is 80.7 cm³/mol. The summed E-state index contributed by atoms with van der Waals surface area (Å²) in [7, 11) is 1.98. The largest absolute Gasteiger partial charge is 0.368 e. The summed E-state index contributed by atoms with van der Waals surface area (Å²) < 4.78 is 5.50. The van der Waals surface area contributed by atoms with Crippen molar-refractivity contribution in [2.24, 2.45) is 5.92 Å². The van der Waals surface area contributed by atoms with E-state index in [9.17, 15) is 4.79 Å². The lowest BCUT2D eigenvalue weighted by atomic mass is 9.96. The average molecular weight is 291 g/mol. The van der Waals surface area contributed by atoms with Crippen molar-refractivity contribution in [2.75, 3.05) is 33.3 Å². The van der Waals surface area contributed by atoms with Crippen LogP contribution >= 0.6 is 12.4 Å². The molecule has 19 heavy (non-hydrogen) atoms. The highest BCUT2D eigenvalue weighted by molar-refractivity contribution is 5.85. The van der Waals surface area contributed by atoms with E-state index < -0.39 is 0 Å². The molecular weight excluding hydrogens is 264 g/mol. The molecular formula is C14H27ClN2O2. The van der Waals surface area contributed by atoms with Crippen LogP contribution in [0.4, 0.5) is 0 Å². The number of hydrogen-bond acceptors (Lipinski definition) is 3. The Labute approximate surface area is 123 Å². The lowest BCUT2D eigenvalue weighted by molar-refractivity contribution is -0.144. The van der Waals surface area contributed by atoms with Crippen molar-refractivity contribution in [3.63, 3.8) is 0 Å². The number of amides is 1. The summed E-state index contributed by atoms with van der Waals surface area (Å²) in [4.78, 5) is 14.1. The fourth-order valence-corrected chi connectivity index (χ4v) is 2.30. The van der Waals surface area contributed by atoms with Crippen LogP contribution in [-0.4, -0.2) is 50.2 Å². The lowest BCUT2D eigenvalue weighted by Gasteiger charge is -2.33. The van der Waals surface area contributed by atoms with E-state index in [0.717, 1.165) is 38.9 Å². The molecule has 1 fully saturated rings. The number of nitrogens with zero attached hydrogens (tertiary/aromatic N) is 1. The molecule has 0 aromatic carbocycles. The highest BCUT2D eigenvalue weighted by Crippen LogP contribution is 2.17. The molecule has 4 nitrogen and oxygen atoms in total. The standard InChI is InChI=1S/C14H26N2O2.ClH/c1-4-5-10-18-12(2)14(17)16-8-6-13(7-9-16)11-15-3;/h4,12-13,15H,1,5-11H2,2-3H3;1H. The number of rotatable bonds is 7. The van der Waals surface area contributed by atoms with Gasteiger partial charge in [-0.15, -0.1) is 19.0 Å². The first-order valence-electron chi connectivity index (χ1n) is 6.85. The van der Waals surface area contributed by atoms with Crippen molar-refractivity contribution in [3.05, 3.63) is 12.7 Å². The second-order valence-corrected chi connectivity index (χ2v) is 4.92. The Balaban J connectivity index is 0.00000324. The third-order valence-corrected chi connectivity index (χ3v) is 3.46. The highest BCUT2D eigenvalue weighted by Gasteiger charge is 2.25. The molecule has 1 aliphatic heterocycles. The van der Waals surface area contributed by atoms with E-state index in [4.69, 9.17) is 4.74 Å². The van der Waals surface area contributed by atoms with Crippen LogP contribution in [0.25, 0.3) is 0 Å². The first kappa shape index (κ1) is 18.4. The summed E-state index contributed by atoms with van der Waals surface area (Å²) >= 11 is 0. The first-order chi connectivity index (χ1) is 8.69. The van der Waals surface area contributed by atoms with Gasteiger partial charge in [0, 0.05) is 13.1 Å². The number of hydrogen-bond donors (Lipinski definition) is 1. The summed E-state index contributed by atoms with van der Waals surface area (Å²) in [6.07, 6.45) is 4.45. The molecule has 0 aliphatic carbocycles. The molecule has 1 rings (SSSR count). The van der Waals surface area contributed by atoms with E-state index in [1.807, 2.05) is 18.9 Å². The molecule has 0 saturated carbocycles. The van der Waals surface area contributed by atoms with Gasteiger partial charge in [-0.3, -0.25) is 4.79 Å². The van der Waals surface area contributed by atoms with Gasteiger partial charge in [-0.25, -0.2) is 0 Å². The Morgan fingerprint density at radius 3 is 2.68 bits per heavy atom. The number of nitrogens with one attached hydrogen (secondary N) is 1. The zero-order valence-corrected chi connectivity index (χ0v) is 12.9. The molecule has 1 N–H and O–H groups in total. The van der Waals surface area contributed by atoms with Gasteiger partial charge in [0.05, 0.1) is 6.61 Å². The molecule has 1 heterocycles. The van der Waals surface area contributed by atoms with Gasteiger partial charge in [-0.1, -0.05) is 6.08 Å². The Kier molecular flexibility index (Phi) is 9.92. The monoisotopic (exact) mass is 290 g/mol. The Morgan fingerprint density at radius 1 is 1.53 bits per heavy atom. The number of carbonyl (C=O) groups is 1. The quantitative estimate of drug-likeness (QED) is 0.575. The molecule has 112 valence electrons. The molecule has 5 heteroatoms. The van der Waals surface area contributed by atoms with Crippen LogP contribution in [0.3, 0.4) is 0 Å². The fourth-order valence-electron chi connectivity index (χ4n) is 2.30. The normalized spacial score (nSPS) is 17.7. The predicted octanol–water partition coefficient (Wildman–Crippen LogP) is 1.85. The van der Waals surface area contributed by atoms with E-state index in [1.54, 1.807) is 6.08 Å². The Hall–Kier alpha value is -0.580. The third-order valence-electron chi connectivity index (χ3n) is 3.46. The minimum Gasteiger partial charge on any atom is -0.368 e. The van der Waals surface area contributed by atoms with Crippen LogP contribution in [-0.2, 0) is 9.53 Å². The average Bonchev–Trinajstić information content (AvgIpc) is 2.39. The summed E-state index contributed by atoms with van der Waals surface area (Å²) in [6.45, 7) is 8.82. The highest BCUT2D eigenvalue weighted by atomic mass is 35.5. The number of ether oxygens (including phenoxy) is 1. The zero-order valence-electron chi connectivity index (χ0n) is 12.1. The Bertz CT molecular complexity index is 266. The van der Waals surface area contributed by atoms with Gasteiger partial charge in [0.15, 0.2) is 0 Å². The molecule has 1 atom stereocenters. The third kappa shape index (κ3) is 6.41. The van der Waals surface area contributed by atoms with Crippen molar-refractivity contribution >= 4 is 18.3 Å². The minimum absolute atomic E-state index is 0. The van der Waals surface area contributed by atoms with E-state index in [-0.39, 0.29) is 24.4 Å². The number of piperidine rings is 1. The molecule has 1 saturated heterocycles. The van der Waals surface area contributed by atoms with E-state index >= 15 is 0 Å². The molecule has 0 bridgehead atoms. The zero-order chi connectivity index (χ0) is 13.4. The van der Waals surface area contributed by atoms with E-state index in [1.165, 1.54) is 0 Å². The molecule has 1 aliphatic rings. The number of likely N-dealkylation sites (tertiary alicyclic amines) is 1. The summed E-state index contributed by atoms with van der Waals surface area (Å²) in [5.41, 5.74) is 0. The van der Waals surface area contributed by atoms with Crippen LogP contribution in [0.15, 0.2) is 12.7 Å². The minimum atomic E-state index is -0.328. The number of halogens is 1. The number of carbonyl (C=O) groups excluding carboxylic acids is 1. The van der Waals surface area contributed by atoms with Crippen LogP contribution < -0.4 is 5.32 Å². The van der Waals surface area contributed by atoms with Gasteiger partial charge in [0.25, 0.3) is 5.91 Å². The molecule has 0 spiro atoms. The molecule has 1 unspecified atom stereocenters. The van der Waals surface area contributed by atoms with Gasteiger partial charge in [0.2, 0.25) is 0 Å². The van der Waals surface area contributed by atoms with Gasteiger partial charge >= 0.3 is 0 Å². The lowest BCUT2D eigenvalue weighted by Crippen LogP contribution is -2.45. The van der Waals surface area contributed by atoms with Gasteiger partial charge in [-0.05, 0) is 45.7 Å². The van der Waals surface area contributed by atoms with E-state index in [0.29, 0.717) is 12.5 Å². The van der Waals surface area contributed by atoms with E-state index in [2.05, 4.69) is 11.9 Å². The second-order valence-electron chi connectivity index (χ2n) is 4.92. The SMILES string of the molecule is C=CCCOC(C)C(=O)N1CCC(CNC)CC1.Cl. The maximum Gasteiger partial charge on any atom is 0.251 e. The maximum absolute atomic E-state index is 12.1. The molecule has 0 aromatic heterocycles. The van der Waals surface area contributed by atoms with Crippen molar-refractivity contribution in [1.29, 1.82) is 0 Å².